The SMILES string of the molecule is O=C(Nc1ccc(C(=O)N2CCC3CCCN3c3ccccc32)cc1)c1ccccc1-c1ccccc1. The van der Waals surface area contributed by atoms with Crippen LogP contribution >= 0.6 is 0 Å². The van der Waals surface area contributed by atoms with Crippen LogP contribution in [0.25, 0.3) is 11.1 Å². The van der Waals surface area contributed by atoms with Gasteiger partial charge in [-0.2, -0.15) is 0 Å². The summed E-state index contributed by atoms with van der Waals surface area (Å²) >= 11 is 0. The molecule has 1 N–H and O–H groups in total. The van der Waals surface area contributed by atoms with Crippen molar-refractivity contribution in [3.63, 3.8) is 0 Å². The number of hydrogen-bond donors (Lipinski definition) is 1. The summed E-state index contributed by atoms with van der Waals surface area (Å²) in [6.07, 6.45) is 3.35. The monoisotopic (exact) mass is 487 g/mol. The Morgan fingerprint density at radius 2 is 1.41 bits per heavy atom. The molecule has 0 aliphatic carbocycles. The Morgan fingerprint density at radius 1 is 0.703 bits per heavy atom. The number of carbonyl (C=O) groups excluding carboxylic acids is 2. The molecule has 4 aromatic carbocycles. The van der Waals surface area contributed by atoms with Gasteiger partial charge in [-0.05, 0) is 72.9 Å². The highest BCUT2D eigenvalue weighted by Crippen LogP contribution is 2.39. The number of rotatable bonds is 4. The minimum Gasteiger partial charge on any atom is -0.367 e. The quantitative estimate of drug-likeness (QED) is 0.352. The van der Waals surface area contributed by atoms with E-state index in [0.29, 0.717) is 29.4 Å². The summed E-state index contributed by atoms with van der Waals surface area (Å²) < 4.78 is 0. The minimum absolute atomic E-state index is 0.0130. The molecule has 2 aliphatic rings. The van der Waals surface area contributed by atoms with E-state index in [1.165, 1.54) is 12.8 Å². The lowest BCUT2D eigenvalue weighted by atomic mass is 9.99. The third-order valence-corrected chi connectivity index (χ3v) is 7.44. The summed E-state index contributed by atoms with van der Waals surface area (Å²) in [6.45, 7) is 1.75. The number of fused-ring (bicyclic) bond motifs is 3. The average Bonchev–Trinajstić information content (AvgIpc) is 3.36. The lowest BCUT2D eigenvalue weighted by Crippen LogP contribution is -2.32. The number of nitrogens with one attached hydrogen (secondary N) is 1. The van der Waals surface area contributed by atoms with Crippen molar-refractivity contribution in [2.24, 2.45) is 0 Å². The Morgan fingerprint density at radius 3 is 2.22 bits per heavy atom. The van der Waals surface area contributed by atoms with Gasteiger partial charge in [0, 0.05) is 35.9 Å². The first-order chi connectivity index (χ1) is 18.2. The van der Waals surface area contributed by atoms with Gasteiger partial charge in [-0.25, -0.2) is 0 Å². The van der Waals surface area contributed by atoms with Crippen LogP contribution in [0.4, 0.5) is 17.1 Å². The van der Waals surface area contributed by atoms with Gasteiger partial charge in [-0.15, -0.1) is 0 Å². The summed E-state index contributed by atoms with van der Waals surface area (Å²) in [5.74, 6) is -0.193. The smallest absolute Gasteiger partial charge is 0.258 e. The molecule has 0 radical (unpaired) electrons. The predicted octanol–water partition coefficient (Wildman–Crippen LogP) is 6.63. The first-order valence-electron chi connectivity index (χ1n) is 12.9. The zero-order chi connectivity index (χ0) is 25.2. The van der Waals surface area contributed by atoms with Crippen molar-refractivity contribution >= 4 is 28.9 Å². The van der Waals surface area contributed by atoms with Gasteiger partial charge < -0.3 is 15.1 Å². The van der Waals surface area contributed by atoms with Crippen molar-refractivity contribution in [1.82, 2.24) is 0 Å². The normalized spacial score (nSPS) is 16.5. The Balaban J connectivity index is 1.21. The van der Waals surface area contributed by atoms with Crippen molar-refractivity contribution in [2.45, 2.75) is 25.3 Å². The van der Waals surface area contributed by atoms with E-state index >= 15 is 0 Å². The van der Waals surface area contributed by atoms with E-state index in [1.54, 1.807) is 24.3 Å². The Bertz CT molecular complexity index is 1430. The molecule has 0 bridgehead atoms. The highest BCUT2D eigenvalue weighted by molar-refractivity contribution is 6.10. The Labute approximate surface area is 217 Å². The van der Waals surface area contributed by atoms with Crippen LogP contribution in [0.3, 0.4) is 0 Å². The third kappa shape index (κ3) is 4.49. The second-order valence-corrected chi connectivity index (χ2v) is 9.67. The molecule has 0 aromatic heterocycles. The topological polar surface area (TPSA) is 52.7 Å². The molecule has 1 unspecified atom stereocenters. The van der Waals surface area contributed by atoms with Crippen LogP contribution in [0, 0.1) is 0 Å². The maximum Gasteiger partial charge on any atom is 0.258 e. The van der Waals surface area contributed by atoms with Gasteiger partial charge in [-0.3, -0.25) is 9.59 Å². The molecule has 0 spiro atoms. The highest BCUT2D eigenvalue weighted by atomic mass is 16.2. The summed E-state index contributed by atoms with van der Waals surface area (Å²) in [4.78, 5) is 31.1. The second kappa shape index (κ2) is 9.94. The van der Waals surface area contributed by atoms with Gasteiger partial charge in [-0.1, -0.05) is 60.7 Å². The predicted molar refractivity (Wildman–Crippen MR) is 149 cm³/mol. The Kier molecular flexibility index (Phi) is 6.19. The second-order valence-electron chi connectivity index (χ2n) is 9.67. The largest absolute Gasteiger partial charge is 0.367 e. The first-order valence-corrected chi connectivity index (χ1v) is 12.9. The van der Waals surface area contributed by atoms with Crippen LogP contribution < -0.4 is 15.1 Å². The average molecular weight is 488 g/mol. The summed E-state index contributed by atoms with van der Waals surface area (Å²) in [5, 5.41) is 3.00. The maximum atomic E-state index is 13.6. The highest BCUT2D eigenvalue weighted by Gasteiger charge is 2.33. The fraction of sp³-hybridized carbons (Fsp3) is 0.188. The molecular weight excluding hydrogens is 458 g/mol. The van der Waals surface area contributed by atoms with Crippen LogP contribution in [0.15, 0.2) is 103 Å². The molecule has 5 heteroatoms. The maximum absolute atomic E-state index is 13.6. The molecule has 1 saturated heterocycles. The van der Waals surface area contributed by atoms with Gasteiger partial charge in [0.15, 0.2) is 0 Å². The number of hydrogen-bond acceptors (Lipinski definition) is 3. The molecule has 37 heavy (non-hydrogen) atoms. The van der Waals surface area contributed by atoms with Gasteiger partial charge in [0.2, 0.25) is 0 Å². The van der Waals surface area contributed by atoms with Gasteiger partial charge in [0.05, 0.1) is 11.4 Å². The molecule has 0 saturated carbocycles. The lowest BCUT2D eigenvalue weighted by Gasteiger charge is -2.26. The van der Waals surface area contributed by atoms with Crippen molar-refractivity contribution in [3.05, 3.63) is 114 Å². The molecule has 2 amide bonds. The zero-order valence-electron chi connectivity index (χ0n) is 20.6. The molecule has 184 valence electrons. The van der Waals surface area contributed by atoms with E-state index in [0.717, 1.165) is 35.5 Å². The van der Waals surface area contributed by atoms with Crippen molar-refractivity contribution in [3.8, 4) is 11.1 Å². The van der Waals surface area contributed by atoms with Crippen molar-refractivity contribution < 1.29 is 9.59 Å². The molecular formula is C32H29N3O2. The summed E-state index contributed by atoms with van der Waals surface area (Å²) in [6, 6.07) is 33.4. The Hall–Kier alpha value is -4.38. The summed E-state index contributed by atoms with van der Waals surface area (Å²) in [7, 11) is 0. The molecule has 2 aliphatic heterocycles. The van der Waals surface area contributed by atoms with E-state index < -0.39 is 0 Å². The lowest BCUT2D eigenvalue weighted by molar-refractivity contribution is 0.0985. The van der Waals surface area contributed by atoms with E-state index in [4.69, 9.17) is 0 Å². The molecule has 6 rings (SSSR count). The van der Waals surface area contributed by atoms with Gasteiger partial charge >= 0.3 is 0 Å². The van der Waals surface area contributed by atoms with Crippen molar-refractivity contribution in [1.29, 1.82) is 0 Å². The van der Waals surface area contributed by atoms with E-state index in [2.05, 4.69) is 22.3 Å². The number of nitrogens with zero attached hydrogens (tertiary/aromatic N) is 2. The third-order valence-electron chi connectivity index (χ3n) is 7.44. The van der Waals surface area contributed by atoms with Crippen molar-refractivity contribution in [2.75, 3.05) is 28.2 Å². The number of carbonyl (C=O) groups is 2. The fourth-order valence-corrected chi connectivity index (χ4v) is 5.60. The number of anilines is 3. The van der Waals surface area contributed by atoms with E-state index in [1.807, 2.05) is 71.6 Å². The zero-order valence-corrected chi connectivity index (χ0v) is 20.6. The van der Waals surface area contributed by atoms with Crippen LogP contribution in [-0.2, 0) is 0 Å². The standard InChI is InChI=1S/C32H29N3O2/c36-31(28-13-5-4-12-27(28)23-9-2-1-3-10-23)33-25-18-16-24(17-19-25)32(37)35-22-20-26-11-8-21-34(26)29-14-6-7-15-30(29)35/h1-7,9-10,12-19,26H,8,11,20-22H2,(H,33,36). The molecule has 1 fully saturated rings. The molecule has 1 atom stereocenters. The number of amides is 2. The molecule has 5 nitrogen and oxygen atoms in total. The van der Waals surface area contributed by atoms with Crippen LogP contribution in [0.2, 0.25) is 0 Å². The number of benzene rings is 4. The summed E-state index contributed by atoms with van der Waals surface area (Å²) in [5.41, 5.74) is 5.88. The van der Waals surface area contributed by atoms with Crippen LogP contribution in [-0.4, -0.2) is 30.9 Å². The van der Waals surface area contributed by atoms with E-state index in [9.17, 15) is 9.59 Å². The van der Waals surface area contributed by atoms with Gasteiger partial charge in [0.1, 0.15) is 0 Å². The first kappa shape index (κ1) is 23.0. The van der Waals surface area contributed by atoms with E-state index in [-0.39, 0.29) is 11.8 Å². The minimum atomic E-state index is -0.180. The number of para-hydroxylation sites is 2. The van der Waals surface area contributed by atoms with Crippen LogP contribution in [0.1, 0.15) is 40.0 Å². The molecule has 2 heterocycles. The van der Waals surface area contributed by atoms with Crippen LogP contribution in [0.5, 0.6) is 0 Å². The van der Waals surface area contributed by atoms with Gasteiger partial charge in [0.25, 0.3) is 11.8 Å². The fourth-order valence-electron chi connectivity index (χ4n) is 5.60. The molecule has 4 aromatic rings.